The van der Waals surface area contributed by atoms with E-state index in [2.05, 4.69) is 10.6 Å². The Hall–Kier alpha value is -3.03. The van der Waals surface area contributed by atoms with Crippen LogP contribution in [0.15, 0.2) is 66.7 Å². The number of hydrogen-bond acceptors (Lipinski definition) is 4. The summed E-state index contributed by atoms with van der Waals surface area (Å²) in [5.74, 6) is -0.972. The van der Waals surface area contributed by atoms with Crippen LogP contribution in [-0.2, 0) is 16.0 Å². The molecule has 7 heteroatoms. The fourth-order valence-corrected chi connectivity index (χ4v) is 3.22. The monoisotopic (exact) mass is 412 g/mol. The molecule has 3 N–H and O–H groups in total. The number of hydrogen-bond donors (Lipinski definition) is 3. The molecule has 0 bridgehead atoms. The van der Waals surface area contributed by atoms with E-state index in [1.165, 1.54) is 24.3 Å². The normalized spacial score (nSPS) is 20.5. The molecule has 0 spiro atoms. The Kier molecular flexibility index (Phi) is 7.70. The molecule has 0 aliphatic carbocycles. The Morgan fingerprint density at radius 1 is 1.03 bits per heavy atom. The van der Waals surface area contributed by atoms with E-state index < -0.39 is 30.0 Å². The van der Waals surface area contributed by atoms with Gasteiger partial charge in [-0.25, -0.2) is 4.39 Å². The lowest BCUT2D eigenvalue weighted by atomic mass is 10.0. The summed E-state index contributed by atoms with van der Waals surface area (Å²) in [5.41, 5.74) is 1.45. The first-order valence-corrected chi connectivity index (χ1v) is 9.87. The molecular weight excluding hydrogens is 387 g/mol. The van der Waals surface area contributed by atoms with Gasteiger partial charge in [0.25, 0.3) is 5.91 Å². The molecule has 2 aromatic rings. The minimum atomic E-state index is -0.679. The number of benzene rings is 2. The second kappa shape index (κ2) is 10.7. The van der Waals surface area contributed by atoms with Crippen LogP contribution in [0, 0.1) is 5.82 Å². The van der Waals surface area contributed by atoms with Crippen LogP contribution in [0.4, 0.5) is 4.39 Å². The van der Waals surface area contributed by atoms with Crippen molar-refractivity contribution in [3.63, 3.8) is 0 Å². The second-order valence-corrected chi connectivity index (χ2v) is 7.08. The van der Waals surface area contributed by atoms with Gasteiger partial charge in [-0.2, -0.15) is 0 Å². The zero-order valence-electron chi connectivity index (χ0n) is 16.5. The van der Waals surface area contributed by atoms with Gasteiger partial charge in [-0.1, -0.05) is 42.5 Å². The van der Waals surface area contributed by atoms with E-state index in [4.69, 9.17) is 4.74 Å². The zero-order chi connectivity index (χ0) is 21.3. The highest BCUT2D eigenvalue weighted by Crippen LogP contribution is 2.16. The van der Waals surface area contributed by atoms with Crippen molar-refractivity contribution < 1.29 is 23.8 Å². The van der Waals surface area contributed by atoms with Crippen molar-refractivity contribution >= 4 is 11.8 Å². The summed E-state index contributed by atoms with van der Waals surface area (Å²) in [6.45, 7) is 0.212. The summed E-state index contributed by atoms with van der Waals surface area (Å²) in [6.07, 6.45) is 3.12. The van der Waals surface area contributed by atoms with Gasteiger partial charge in [-0.15, -0.1) is 0 Å². The Balaban J connectivity index is 1.48. The van der Waals surface area contributed by atoms with E-state index in [1.807, 2.05) is 30.3 Å². The minimum Gasteiger partial charge on any atom is -0.394 e. The third-order valence-electron chi connectivity index (χ3n) is 4.83. The Morgan fingerprint density at radius 2 is 1.77 bits per heavy atom. The highest BCUT2D eigenvalue weighted by molar-refractivity contribution is 5.94. The molecule has 3 rings (SSSR count). The summed E-state index contributed by atoms with van der Waals surface area (Å²) in [5, 5.41) is 15.3. The van der Waals surface area contributed by atoms with Gasteiger partial charge >= 0.3 is 0 Å². The van der Waals surface area contributed by atoms with Crippen LogP contribution in [0.25, 0.3) is 0 Å². The van der Waals surface area contributed by atoms with Gasteiger partial charge in [-0.05, 0) is 36.2 Å². The van der Waals surface area contributed by atoms with E-state index in [9.17, 15) is 19.1 Å². The van der Waals surface area contributed by atoms with Crippen LogP contribution < -0.4 is 10.6 Å². The fourth-order valence-electron chi connectivity index (χ4n) is 3.22. The van der Waals surface area contributed by atoms with E-state index in [0.717, 1.165) is 12.0 Å². The van der Waals surface area contributed by atoms with Crippen LogP contribution >= 0.6 is 0 Å². The molecule has 0 radical (unpaired) electrons. The standard InChI is InChI=1S/C23H25FN2O4/c24-18-8-6-17(7-9-18)23(29)26-20-11-10-19(30-21(20)15-27)14-22(28)25-13-12-16-4-2-1-3-5-16/h1-11,19-21,27H,12-15H2,(H,25,28)(H,26,29)/t19-,20+,21+/m1/s1. The van der Waals surface area contributed by atoms with Crippen molar-refractivity contribution in [1.82, 2.24) is 10.6 Å². The van der Waals surface area contributed by atoms with Gasteiger partial charge in [-0.3, -0.25) is 9.59 Å². The van der Waals surface area contributed by atoms with Crippen molar-refractivity contribution in [3.8, 4) is 0 Å². The van der Waals surface area contributed by atoms with Gasteiger partial charge in [0.05, 0.1) is 25.2 Å². The summed E-state index contributed by atoms with van der Waals surface area (Å²) >= 11 is 0. The number of carbonyl (C=O) groups is 2. The average Bonchev–Trinajstić information content (AvgIpc) is 2.76. The number of halogens is 1. The number of aliphatic hydroxyl groups excluding tert-OH is 1. The first-order valence-electron chi connectivity index (χ1n) is 9.87. The number of ether oxygens (including phenoxy) is 1. The molecule has 3 atom stereocenters. The molecule has 2 aromatic carbocycles. The highest BCUT2D eigenvalue weighted by Gasteiger charge is 2.29. The van der Waals surface area contributed by atoms with E-state index >= 15 is 0 Å². The first kappa shape index (κ1) is 21.7. The summed E-state index contributed by atoms with van der Waals surface area (Å²) in [7, 11) is 0. The molecule has 1 aliphatic rings. The zero-order valence-corrected chi connectivity index (χ0v) is 16.5. The molecule has 0 saturated heterocycles. The molecule has 0 unspecified atom stereocenters. The summed E-state index contributed by atoms with van der Waals surface area (Å²) < 4.78 is 18.8. The number of rotatable bonds is 8. The molecular formula is C23H25FN2O4. The van der Waals surface area contributed by atoms with Gasteiger partial charge in [0.1, 0.15) is 11.9 Å². The van der Waals surface area contributed by atoms with Crippen molar-refractivity contribution in [2.45, 2.75) is 31.1 Å². The van der Waals surface area contributed by atoms with Crippen molar-refractivity contribution in [3.05, 3.63) is 83.7 Å². The summed E-state index contributed by atoms with van der Waals surface area (Å²) in [4.78, 5) is 24.5. The number of nitrogens with one attached hydrogen (secondary N) is 2. The second-order valence-electron chi connectivity index (χ2n) is 7.08. The Morgan fingerprint density at radius 3 is 2.47 bits per heavy atom. The lowest BCUT2D eigenvalue weighted by molar-refractivity contribution is -0.125. The lowest BCUT2D eigenvalue weighted by Gasteiger charge is -2.31. The average molecular weight is 412 g/mol. The van der Waals surface area contributed by atoms with Gasteiger partial charge < -0.3 is 20.5 Å². The molecule has 0 saturated carbocycles. The fraction of sp³-hybridized carbons (Fsp3) is 0.304. The summed E-state index contributed by atoms with van der Waals surface area (Å²) in [6, 6.07) is 14.5. The van der Waals surface area contributed by atoms with Gasteiger partial charge in [0, 0.05) is 12.1 Å². The molecule has 1 heterocycles. The Bertz CT molecular complexity index is 871. The van der Waals surface area contributed by atoms with E-state index in [0.29, 0.717) is 12.1 Å². The van der Waals surface area contributed by atoms with Gasteiger partial charge in [0.15, 0.2) is 0 Å². The largest absolute Gasteiger partial charge is 0.394 e. The van der Waals surface area contributed by atoms with Crippen LogP contribution in [0.5, 0.6) is 0 Å². The predicted molar refractivity (Wildman–Crippen MR) is 110 cm³/mol. The lowest BCUT2D eigenvalue weighted by Crippen LogP contribution is -2.49. The maximum Gasteiger partial charge on any atom is 0.251 e. The van der Waals surface area contributed by atoms with Crippen molar-refractivity contribution in [2.75, 3.05) is 13.2 Å². The minimum absolute atomic E-state index is 0.125. The van der Waals surface area contributed by atoms with Crippen molar-refractivity contribution in [2.24, 2.45) is 0 Å². The molecule has 6 nitrogen and oxygen atoms in total. The highest BCUT2D eigenvalue weighted by atomic mass is 19.1. The van der Waals surface area contributed by atoms with Crippen molar-refractivity contribution in [1.29, 1.82) is 0 Å². The van der Waals surface area contributed by atoms with Crippen LogP contribution in [0.2, 0.25) is 0 Å². The SMILES string of the molecule is O=C(C[C@H]1C=C[C@H](NC(=O)c2ccc(F)cc2)[C@H](CO)O1)NCCc1ccccc1. The number of carbonyl (C=O) groups excluding carboxylic acids is 2. The topological polar surface area (TPSA) is 87.7 Å². The molecule has 0 fully saturated rings. The van der Waals surface area contributed by atoms with E-state index in [1.54, 1.807) is 12.2 Å². The molecule has 0 aromatic heterocycles. The van der Waals surface area contributed by atoms with Crippen LogP contribution in [0.3, 0.4) is 0 Å². The quantitative estimate of drug-likeness (QED) is 0.579. The maximum absolute atomic E-state index is 13.0. The predicted octanol–water partition coefficient (Wildman–Crippen LogP) is 1.99. The Labute approximate surface area is 174 Å². The molecule has 30 heavy (non-hydrogen) atoms. The third kappa shape index (κ3) is 6.23. The van der Waals surface area contributed by atoms with Crippen LogP contribution in [-0.4, -0.2) is 48.3 Å². The maximum atomic E-state index is 13.0. The molecule has 158 valence electrons. The molecule has 2 amide bonds. The van der Waals surface area contributed by atoms with E-state index in [-0.39, 0.29) is 18.9 Å². The molecule has 1 aliphatic heterocycles. The van der Waals surface area contributed by atoms with Crippen LogP contribution in [0.1, 0.15) is 22.3 Å². The number of amides is 2. The smallest absolute Gasteiger partial charge is 0.251 e. The first-order chi connectivity index (χ1) is 14.5. The third-order valence-corrected chi connectivity index (χ3v) is 4.83. The van der Waals surface area contributed by atoms with Gasteiger partial charge in [0.2, 0.25) is 5.91 Å². The number of aliphatic hydroxyl groups is 1.